The maximum absolute atomic E-state index is 12.4. The van der Waals surface area contributed by atoms with Crippen molar-refractivity contribution in [1.82, 2.24) is 5.32 Å². The quantitative estimate of drug-likeness (QED) is 0.890. The van der Waals surface area contributed by atoms with Gasteiger partial charge in [-0.3, -0.25) is 9.59 Å². The fourth-order valence-corrected chi connectivity index (χ4v) is 2.57. The van der Waals surface area contributed by atoms with E-state index in [-0.39, 0.29) is 11.9 Å². The Morgan fingerprint density at radius 2 is 1.55 bits per heavy atom. The van der Waals surface area contributed by atoms with Crippen molar-refractivity contribution in [1.29, 1.82) is 0 Å². The number of benzene rings is 2. The van der Waals surface area contributed by atoms with Gasteiger partial charge in [0.25, 0.3) is 5.91 Å². The van der Waals surface area contributed by atoms with E-state index in [1.165, 1.54) is 0 Å². The van der Waals surface area contributed by atoms with Crippen LogP contribution in [0.15, 0.2) is 54.6 Å². The van der Waals surface area contributed by atoms with E-state index >= 15 is 0 Å². The highest BCUT2D eigenvalue weighted by Crippen LogP contribution is 2.41. The van der Waals surface area contributed by atoms with Crippen LogP contribution < -0.4 is 11.1 Å². The molecule has 0 saturated heterocycles. The topological polar surface area (TPSA) is 72.2 Å². The molecule has 2 aromatic rings. The molecule has 0 spiro atoms. The van der Waals surface area contributed by atoms with Crippen molar-refractivity contribution in [2.75, 3.05) is 0 Å². The molecule has 4 heteroatoms. The van der Waals surface area contributed by atoms with E-state index in [1.54, 1.807) is 24.3 Å². The molecule has 0 bridgehead atoms. The van der Waals surface area contributed by atoms with Crippen molar-refractivity contribution in [3.63, 3.8) is 0 Å². The van der Waals surface area contributed by atoms with Crippen LogP contribution in [-0.2, 0) is 0 Å². The summed E-state index contributed by atoms with van der Waals surface area (Å²) in [5.74, 6) is -0.111. The third-order valence-electron chi connectivity index (χ3n) is 3.97. The van der Waals surface area contributed by atoms with Crippen molar-refractivity contribution >= 4 is 11.8 Å². The molecule has 1 atom stereocenters. The highest BCUT2D eigenvalue weighted by atomic mass is 16.2. The van der Waals surface area contributed by atoms with Gasteiger partial charge < -0.3 is 11.1 Å². The van der Waals surface area contributed by atoms with Crippen molar-refractivity contribution in [2.24, 2.45) is 11.7 Å². The first-order chi connectivity index (χ1) is 10.6. The first-order valence-corrected chi connectivity index (χ1v) is 7.41. The van der Waals surface area contributed by atoms with Gasteiger partial charge in [0.1, 0.15) is 0 Å². The number of nitrogens with two attached hydrogens (primary N) is 1. The van der Waals surface area contributed by atoms with E-state index in [2.05, 4.69) is 5.32 Å². The molecule has 22 heavy (non-hydrogen) atoms. The zero-order valence-corrected chi connectivity index (χ0v) is 12.2. The van der Waals surface area contributed by atoms with E-state index in [1.807, 2.05) is 30.3 Å². The third kappa shape index (κ3) is 3.17. The zero-order valence-electron chi connectivity index (χ0n) is 12.2. The summed E-state index contributed by atoms with van der Waals surface area (Å²) in [5, 5.41) is 3.11. The van der Waals surface area contributed by atoms with Crippen molar-refractivity contribution in [3.05, 3.63) is 71.3 Å². The average molecular weight is 294 g/mol. The summed E-state index contributed by atoms with van der Waals surface area (Å²) in [5.41, 5.74) is 7.27. The molecule has 1 aliphatic carbocycles. The molecule has 0 aromatic heterocycles. The molecule has 2 aromatic carbocycles. The Labute approximate surface area is 129 Å². The van der Waals surface area contributed by atoms with Gasteiger partial charge in [0.05, 0.1) is 6.04 Å². The molecule has 1 unspecified atom stereocenters. The number of amides is 2. The Hall–Kier alpha value is -2.62. The van der Waals surface area contributed by atoms with Crippen LogP contribution in [0.4, 0.5) is 0 Å². The lowest BCUT2D eigenvalue weighted by atomic mass is 10.0. The standard InChI is InChI=1S/C18H18N2O2/c19-17(21)14-8-10-15(11-9-14)18(22)20-16(13-6-7-13)12-4-2-1-3-5-12/h1-5,8-11,13,16H,6-7H2,(H2,19,21)(H,20,22). The van der Waals surface area contributed by atoms with Gasteiger partial charge in [-0.05, 0) is 48.6 Å². The Morgan fingerprint density at radius 3 is 2.09 bits per heavy atom. The molecule has 2 amide bonds. The van der Waals surface area contributed by atoms with Gasteiger partial charge in [0.15, 0.2) is 0 Å². The Balaban J connectivity index is 1.75. The minimum Gasteiger partial charge on any atom is -0.366 e. The monoisotopic (exact) mass is 294 g/mol. The van der Waals surface area contributed by atoms with Gasteiger partial charge >= 0.3 is 0 Å². The van der Waals surface area contributed by atoms with Gasteiger partial charge in [-0.1, -0.05) is 30.3 Å². The van der Waals surface area contributed by atoms with Crippen LogP contribution in [0.3, 0.4) is 0 Å². The van der Waals surface area contributed by atoms with Crippen LogP contribution in [0.25, 0.3) is 0 Å². The van der Waals surface area contributed by atoms with E-state index < -0.39 is 5.91 Å². The number of rotatable bonds is 5. The van der Waals surface area contributed by atoms with Gasteiger partial charge in [-0.15, -0.1) is 0 Å². The number of nitrogens with one attached hydrogen (secondary N) is 1. The maximum Gasteiger partial charge on any atom is 0.251 e. The zero-order chi connectivity index (χ0) is 15.5. The van der Waals surface area contributed by atoms with Crippen LogP contribution in [0.2, 0.25) is 0 Å². The Morgan fingerprint density at radius 1 is 0.955 bits per heavy atom. The summed E-state index contributed by atoms with van der Waals surface area (Å²) in [4.78, 5) is 23.5. The minimum atomic E-state index is -0.493. The first kappa shape index (κ1) is 14.3. The van der Waals surface area contributed by atoms with Crippen LogP contribution in [0.1, 0.15) is 45.2 Å². The normalized spacial score (nSPS) is 15.1. The summed E-state index contributed by atoms with van der Waals surface area (Å²) in [6, 6.07) is 16.5. The summed E-state index contributed by atoms with van der Waals surface area (Å²) < 4.78 is 0. The highest BCUT2D eigenvalue weighted by molar-refractivity contribution is 5.97. The second kappa shape index (κ2) is 6.02. The average Bonchev–Trinajstić information content (AvgIpc) is 3.38. The number of carbonyl (C=O) groups excluding carboxylic acids is 2. The molecule has 0 radical (unpaired) electrons. The number of carbonyl (C=O) groups is 2. The fourth-order valence-electron chi connectivity index (χ4n) is 2.57. The maximum atomic E-state index is 12.4. The van der Waals surface area contributed by atoms with Crippen molar-refractivity contribution in [2.45, 2.75) is 18.9 Å². The molecular weight excluding hydrogens is 276 g/mol. The number of hydrogen-bond donors (Lipinski definition) is 2. The van der Waals surface area contributed by atoms with Crippen LogP contribution in [-0.4, -0.2) is 11.8 Å². The predicted molar refractivity (Wildman–Crippen MR) is 84.3 cm³/mol. The van der Waals surface area contributed by atoms with Crippen molar-refractivity contribution < 1.29 is 9.59 Å². The molecule has 3 rings (SSSR count). The molecule has 0 heterocycles. The first-order valence-electron chi connectivity index (χ1n) is 7.41. The molecule has 3 N–H and O–H groups in total. The molecule has 112 valence electrons. The smallest absolute Gasteiger partial charge is 0.251 e. The van der Waals surface area contributed by atoms with E-state index in [4.69, 9.17) is 5.73 Å². The second-order valence-electron chi connectivity index (χ2n) is 5.64. The SMILES string of the molecule is NC(=O)c1ccc(C(=O)NC(c2ccccc2)C2CC2)cc1. The summed E-state index contributed by atoms with van der Waals surface area (Å²) in [6.45, 7) is 0. The van der Waals surface area contributed by atoms with Crippen LogP contribution in [0, 0.1) is 5.92 Å². The van der Waals surface area contributed by atoms with Gasteiger partial charge in [0, 0.05) is 11.1 Å². The molecule has 1 saturated carbocycles. The molecule has 1 aliphatic rings. The van der Waals surface area contributed by atoms with Crippen LogP contribution >= 0.6 is 0 Å². The summed E-state index contributed by atoms with van der Waals surface area (Å²) in [7, 11) is 0. The summed E-state index contributed by atoms with van der Waals surface area (Å²) >= 11 is 0. The molecule has 0 aliphatic heterocycles. The summed E-state index contributed by atoms with van der Waals surface area (Å²) in [6.07, 6.45) is 2.28. The van der Waals surface area contributed by atoms with E-state index in [0.29, 0.717) is 17.0 Å². The Bertz CT molecular complexity index is 676. The minimum absolute atomic E-state index is 0.0458. The largest absolute Gasteiger partial charge is 0.366 e. The van der Waals surface area contributed by atoms with Gasteiger partial charge in [-0.25, -0.2) is 0 Å². The second-order valence-corrected chi connectivity index (χ2v) is 5.64. The number of primary amides is 1. The molecular formula is C18H18N2O2. The van der Waals surface area contributed by atoms with Gasteiger partial charge in [0.2, 0.25) is 5.91 Å². The van der Waals surface area contributed by atoms with Crippen molar-refractivity contribution in [3.8, 4) is 0 Å². The lowest BCUT2D eigenvalue weighted by molar-refractivity contribution is 0.0929. The van der Waals surface area contributed by atoms with Gasteiger partial charge in [-0.2, -0.15) is 0 Å². The van der Waals surface area contributed by atoms with E-state index in [9.17, 15) is 9.59 Å². The third-order valence-corrected chi connectivity index (χ3v) is 3.97. The van der Waals surface area contributed by atoms with E-state index in [0.717, 1.165) is 18.4 Å². The molecule has 4 nitrogen and oxygen atoms in total. The molecule has 1 fully saturated rings. The lowest BCUT2D eigenvalue weighted by Crippen LogP contribution is -2.29. The number of hydrogen-bond acceptors (Lipinski definition) is 2. The highest BCUT2D eigenvalue weighted by Gasteiger charge is 2.33. The predicted octanol–water partition coefficient (Wildman–Crippen LogP) is 2.67. The fraction of sp³-hybridized carbons (Fsp3) is 0.222. The lowest BCUT2D eigenvalue weighted by Gasteiger charge is -2.19. The van der Waals surface area contributed by atoms with Crippen LogP contribution in [0.5, 0.6) is 0 Å². The Kier molecular flexibility index (Phi) is 3.92.